The summed E-state index contributed by atoms with van der Waals surface area (Å²) in [5.41, 5.74) is 6.17. The van der Waals surface area contributed by atoms with E-state index in [9.17, 15) is 71.1 Å². The van der Waals surface area contributed by atoms with Crippen LogP contribution in [0.1, 0.15) is 77.1 Å². The molecule has 6 N–H and O–H groups in total. The maximum absolute atomic E-state index is 14.7. The van der Waals surface area contributed by atoms with Crippen molar-refractivity contribution in [3.8, 4) is 11.5 Å². The number of carbonyl (C=O) groups excluding carboxylic acids is 2. The molecular formula is C57H53ClF14N4O5. The Bertz CT molecular complexity index is 3110. The molecule has 0 bridgehead atoms. The van der Waals surface area contributed by atoms with Gasteiger partial charge >= 0.3 is 23.8 Å². The Morgan fingerprint density at radius 2 is 1.02 bits per heavy atom. The van der Waals surface area contributed by atoms with E-state index >= 15 is 0 Å². The van der Waals surface area contributed by atoms with Crippen LogP contribution in [0.5, 0.6) is 11.5 Å². The first-order chi connectivity index (χ1) is 37.7. The zero-order valence-electron chi connectivity index (χ0n) is 43.2. The number of rotatable bonds is 13. The Labute approximate surface area is 461 Å². The van der Waals surface area contributed by atoms with Crippen LogP contribution in [0.2, 0.25) is 0 Å². The van der Waals surface area contributed by atoms with E-state index in [0.717, 1.165) is 35.9 Å². The highest BCUT2D eigenvalue weighted by molar-refractivity contribution is 6.61. The van der Waals surface area contributed by atoms with Gasteiger partial charge in [0, 0.05) is 55.8 Å². The minimum Gasteiger partial charge on any atom is -0.494 e. The lowest BCUT2D eigenvalue weighted by Crippen LogP contribution is -2.58. The molecule has 8 rings (SSSR count). The molecule has 0 aliphatic heterocycles. The molecule has 81 heavy (non-hydrogen) atoms. The number of nitrogens with one attached hydrogen (secondary N) is 2. The number of amides is 2. The lowest BCUT2D eigenvalue weighted by Gasteiger charge is -2.39. The third-order valence-corrected chi connectivity index (χ3v) is 12.6. The Kier molecular flexibility index (Phi) is 21.1. The second-order valence-electron chi connectivity index (χ2n) is 19.0. The van der Waals surface area contributed by atoms with E-state index in [1.54, 1.807) is 67.6 Å². The van der Waals surface area contributed by atoms with Crippen molar-refractivity contribution < 1.29 is 85.3 Å². The molecule has 2 amide bonds. The Hall–Kier alpha value is -7.37. The number of ether oxygens (including phenoxy) is 3. The van der Waals surface area contributed by atoms with Crippen LogP contribution in [0.25, 0.3) is 0 Å². The van der Waals surface area contributed by atoms with Crippen LogP contribution in [-0.2, 0) is 41.0 Å². The first kappa shape index (κ1) is 64.5. The fourth-order valence-corrected chi connectivity index (χ4v) is 8.78. The number of halogens is 15. The highest BCUT2D eigenvalue weighted by atomic mass is 35.5. The molecule has 9 nitrogen and oxygen atoms in total. The monoisotopic (exact) mass is 1170 g/mol. The van der Waals surface area contributed by atoms with Crippen LogP contribution >= 0.6 is 11.6 Å². The minimum atomic E-state index is -4.92. The summed E-state index contributed by atoms with van der Waals surface area (Å²) in [5.74, 6) is -9.15. The quantitative estimate of drug-likeness (QED) is 0.0513. The van der Waals surface area contributed by atoms with Crippen molar-refractivity contribution in [2.45, 2.75) is 92.8 Å². The molecule has 0 radical (unpaired) electrons. The lowest BCUT2D eigenvalue weighted by atomic mass is 9.77. The number of nitrogens with two attached hydrogens (primary N) is 2. The minimum absolute atomic E-state index is 0.0589. The summed E-state index contributed by atoms with van der Waals surface area (Å²) in [7, 11) is 2.45. The zero-order chi connectivity index (χ0) is 60.3. The maximum atomic E-state index is 14.7. The summed E-state index contributed by atoms with van der Waals surface area (Å²) < 4.78 is 202. The van der Waals surface area contributed by atoms with Crippen LogP contribution < -0.4 is 31.6 Å². The Morgan fingerprint density at radius 3 is 1.42 bits per heavy atom. The lowest BCUT2D eigenvalue weighted by molar-refractivity contribution is -0.138. The van der Waals surface area contributed by atoms with Crippen molar-refractivity contribution in [2.24, 2.45) is 11.5 Å². The van der Waals surface area contributed by atoms with Gasteiger partial charge in [-0.2, -0.15) is 26.3 Å². The van der Waals surface area contributed by atoms with Gasteiger partial charge in [-0.05, 0) is 107 Å². The molecule has 0 aromatic heterocycles. The van der Waals surface area contributed by atoms with Crippen LogP contribution in [0.3, 0.4) is 0 Å². The first-order valence-electron chi connectivity index (χ1n) is 24.1. The second kappa shape index (κ2) is 26.5. The van der Waals surface area contributed by atoms with E-state index in [0.29, 0.717) is 35.1 Å². The summed E-state index contributed by atoms with van der Waals surface area (Å²) in [6.45, 7) is 4.81. The van der Waals surface area contributed by atoms with Crippen LogP contribution in [0, 0.1) is 23.3 Å². The van der Waals surface area contributed by atoms with Crippen molar-refractivity contribution in [1.29, 1.82) is 0 Å². The average Bonchev–Trinajstić information content (AvgIpc) is 3.57. The van der Waals surface area contributed by atoms with Gasteiger partial charge in [0.05, 0.1) is 42.2 Å². The normalized spacial score (nSPS) is 16.0. The van der Waals surface area contributed by atoms with E-state index in [-0.39, 0.29) is 59.9 Å². The first-order valence-corrected chi connectivity index (χ1v) is 24.5. The van der Waals surface area contributed by atoms with E-state index in [1.165, 1.54) is 38.5 Å². The molecule has 0 unspecified atom stereocenters. The molecule has 2 saturated carbocycles. The summed E-state index contributed by atoms with van der Waals surface area (Å²) >= 11 is 4.75. The molecule has 24 heteroatoms. The number of benzene rings is 6. The van der Waals surface area contributed by atoms with Gasteiger partial charge in [-0.15, -0.1) is 0 Å². The summed E-state index contributed by atoms with van der Waals surface area (Å²) in [5, 5.41) is 5.01. The standard InChI is InChI=1S/C27H23F7N2O2.C22H18F5NO.C4H5ClO2.C4H7F2N/c1-38-23-12-17(7-8-22(23)29)26(13-16-5-3-2-4-6-16,36-24(37)35-21-14-25(30,31)15-21)18-9-19(27(32,33)34)11-20(28)10-18;1-29-20-12-15(7-8-19(20)24)21(28,13-14-5-3-2-4-6-14)16-9-17(22(25,26)27)11-18(23)10-16;1-3(2)7-4(5)6;5-4(6)1-3(7)2-4/h2-12,21H,13-15H2,1H3,(H2,35,36,37);2-12H,13,28H2,1H3;1H2,2H3;3H,1-2,7H2/t26-;21-;;/m11../s1. The van der Waals surface area contributed by atoms with Crippen molar-refractivity contribution in [2.75, 3.05) is 14.2 Å². The molecule has 0 spiro atoms. The molecule has 2 fully saturated rings. The van der Waals surface area contributed by atoms with Crippen molar-refractivity contribution in [1.82, 2.24) is 10.6 Å². The van der Waals surface area contributed by atoms with Gasteiger partial charge in [0.1, 0.15) is 11.6 Å². The predicted molar refractivity (Wildman–Crippen MR) is 274 cm³/mol. The molecule has 0 saturated heterocycles. The van der Waals surface area contributed by atoms with Crippen molar-refractivity contribution in [3.63, 3.8) is 0 Å². The van der Waals surface area contributed by atoms with E-state index < -0.39 is 100 Å². The summed E-state index contributed by atoms with van der Waals surface area (Å²) in [6, 6.07) is 26.3. The Balaban J connectivity index is 0.000000244. The molecule has 0 heterocycles. The molecule has 436 valence electrons. The fourth-order valence-electron chi connectivity index (χ4n) is 8.65. The number of hydrogen-bond donors (Lipinski definition) is 4. The Morgan fingerprint density at radius 1 is 0.605 bits per heavy atom. The molecule has 6 aromatic carbocycles. The summed E-state index contributed by atoms with van der Waals surface area (Å²) in [6.07, 6.45) is -11.2. The van der Waals surface area contributed by atoms with Crippen LogP contribution in [-0.4, -0.2) is 49.6 Å². The maximum Gasteiger partial charge on any atom is 0.416 e. The molecule has 2 aliphatic rings. The zero-order valence-corrected chi connectivity index (χ0v) is 43.9. The third-order valence-electron chi connectivity index (χ3n) is 12.5. The van der Waals surface area contributed by atoms with E-state index in [4.69, 9.17) is 32.5 Å². The van der Waals surface area contributed by atoms with Gasteiger partial charge in [0.25, 0.3) is 11.8 Å². The topological polar surface area (TPSA) is 138 Å². The highest BCUT2D eigenvalue weighted by Crippen LogP contribution is 2.42. The van der Waals surface area contributed by atoms with E-state index in [2.05, 4.69) is 21.9 Å². The molecule has 6 aromatic rings. The highest BCUT2D eigenvalue weighted by Gasteiger charge is 2.47. The smallest absolute Gasteiger partial charge is 0.416 e. The second-order valence-corrected chi connectivity index (χ2v) is 19.3. The predicted octanol–water partition coefficient (Wildman–Crippen LogP) is 14.7. The van der Waals surface area contributed by atoms with Crippen molar-refractivity contribution in [3.05, 3.63) is 214 Å². The average molecular weight is 1180 g/mol. The van der Waals surface area contributed by atoms with Gasteiger partial charge in [-0.25, -0.2) is 44.7 Å². The van der Waals surface area contributed by atoms with Gasteiger partial charge in [-0.3, -0.25) is 0 Å². The van der Waals surface area contributed by atoms with Gasteiger partial charge in [0.2, 0.25) is 0 Å². The molecule has 2 atom stereocenters. The number of alkyl halides is 10. The SMILES string of the molecule is C=C(C)OC(=O)Cl.COc1cc([C@@](Cc2ccccc2)(NC(=O)NC2CC(F)(F)C2)c2cc(F)cc(C(F)(F)F)c2)ccc1F.COc1cc([C@](N)(Cc2ccccc2)c2cc(F)cc(C(F)(F)F)c2)ccc1F.NC1CC(F)(F)C1. The molecular weight excluding hydrogens is 1120 g/mol. The third kappa shape index (κ3) is 18.1. The largest absolute Gasteiger partial charge is 0.494 e. The fraction of sp³-hybridized carbons (Fsp3) is 0.298. The van der Waals surface area contributed by atoms with Gasteiger partial charge in [0.15, 0.2) is 23.1 Å². The number of methoxy groups -OCH3 is 2. The van der Waals surface area contributed by atoms with Crippen molar-refractivity contribution >= 4 is 23.1 Å². The van der Waals surface area contributed by atoms with E-state index in [1.807, 2.05) is 0 Å². The molecule has 2 aliphatic carbocycles. The number of carbonyl (C=O) groups is 2. The van der Waals surface area contributed by atoms with Gasteiger partial charge in [-0.1, -0.05) is 79.4 Å². The number of allylic oxidation sites excluding steroid dienone is 1. The van der Waals surface area contributed by atoms with Crippen LogP contribution in [0.4, 0.5) is 71.1 Å². The summed E-state index contributed by atoms with van der Waals surface area (Å²) in [4.78, 5) is 22.8. The van der Waals surface area contributed by atoms with Crippen LogP contribution in [0.15, 0.2) is 146 Å². The number of hydrogen-bond acceptors (Lipinski definition) is 7. The number of urea groups is 1. The van der Waals surface area contributed by atoms with Gasteiger partial charge < -0.3 is 36.3 Å².